The molecule has 0 nitrogen and oxygen atoms in total. The first-order valence-electron chi connectivity index (χ1n) is 8.65. The van der Waals surface area contributed by atoms with E-state index in [9.17, 15) is 0 Å². The third kappa shape index (κ3) is 10.9. The van der Waals surface area contributed by atoms with E-state index < -0.39 is 0 Å². The maximum Gasteiger partial charge on any atom is -0.0351 e. The molecule has 0 unspecified atom stereocenters. The van der Waals surface area contributed by atoms with E-state index in [0.717, 1.165) is 0 Å². The van der Waals surface area contributed by atoms with Gasteiger partial charge in [-0.15, -0.1) is 0 Å². The predicted molar refractivity (Wildman–Crippen MR) is 83.0 cm³/mol. The van der Waals surface area contributed by atoms with Crippen LogP contribution in [0.5, 0.6) is 0 Å². The van der Waals surface area contributed by atoms with Crippen molar-refractivity contribution in [1.82, 2.24) is 0 Å². The van der Waals surface area contributed by atoms with Crippen LogP contribution >= 0.6 is 0 Å². The second-order valence-corrected chi connectivity index (χ2v) is 6.00. The Balaban J connectivity index is 0.000000135. The minimum atomic E-state index is 1.32. The number of rotatable bonds is 0. The van der Waals surface area contributed by atoms with Crippen LogP contribution < -0.4 is 0 Å². The van der Waals surface area contributed by atoms with E-state index in [-0.39, 0.29) is 0 Å². The van der Waals surface area contributed by atoms with Crippen molar-refractivity contribution in [1.29, 1.82) is 0 Å². The topological polar surface area (TPSA) is 0 Å². The molecule has 0 amide bonds. The van der Waals surface area contributed by atoms with E-state index in [4.69, 9.17) is 0 Å². The average Bonchev–Trinajstić information content (AvgIpc) is 2.54. The van der Waals surface area contributed by atoms with Crippen molar-refractivity contribution in [2.24, 2.45) is 0 Å². The van der Waals surface area contributed by atoms with Gasteiger partial charge in [0.25, 0.3) is 0 Å². The van der Waals surface area contributed by atoms with E-state index in [2.05, 4.69) is 12.2 Å². The van der Waals surface area contributed by atoms with E-state index in [1.54, 1.807) is 0 Å². The molecule has 0 aromatic rings. The summed E-state index contributed by atoms with van der Waals surface area (Å²) in [4.78, 5) is 0. The molecule has 2 saturated carbocycles. The summed E-state index contributed by atoms with van der Waals surface area (Å²) in [5.41, 5.74) is 0. The lowest BCUT2D eigenvalue weighted by Gasteiger charge is -2.05. The fraction of sp³-hybridized carbons (Fsp3) is 0.889. The Bertz CT molecular complexity index is 129. The Labute approximate surface area is 115 Å². The van der Waals surface area contributed by atoms with Crippen LogP contribution in [0, 0.1) is 0 Å². The quantitative estimate of drug-likeness (QED) is 0.415. The standard InChI is InChI=1S/2C6H12.C6H10/c3*1-2-4-6-5-3-1/h2*1-6H2;1-2H,3-6H2. The summed E-state index contributed by atoms with van der Waals surface area (Å²) in [6.45, 7) is 0. The van der Waals surface area contributed by atoms with E-state index in [1.165, 1.54) is 103 Å². The van der Waals surface area contributed by atoms with Crippen molar-refractivity contribution in [2.75, 3.05) is 0 Å². The first-order valence-corrected chi connectivity index (χ1v) is 8.65. The second kappa shape index (κ2) is 13.2. The van der Waals surface area contributed by atoms with Gasteiger partial charge in [0, 0.05) is 0 Å². The van der Waals surface area contributed by atoms with Gasteiger partial charge in [-0.2, -0.15) is 0 Å². The lowest BCUT2D eigenvalue weighted by Crippen LogP contribution is -1.85. The normalized spacial score (nSPS) is 23.1. The molecule has 3 aliphatic carbocycles. The molecule has 2 fully saturated rings. The van der Waals surface area contributed by atoms with Crippen LogP contribution in [-0.2, 0) is 0 Å². The Morgan fingerprint density at radius 2 is 0.500 bits per heavy atom. The van der Waals surface area contributed by atoms with Gasteiger partial charge < -0.3 is 0 Å². The summed E-state index contributed by atoms with van der Waals surface area (Å²) in [7, 11) is 0. The van der Waals surface area contributed by atoms with Crippen LogP contribution in [0.4, 0.5) is 0 Å². The van der Waals surface area contributed by atoms with Crippen molar-refractivity contribution in [3.63, 3.8) is 0 Å². The third-order valence-electron chi connectivity index (χ3n) is 4.16. The molecule has 0 radical (unpaired) electrons. The summed E-state index contributed by atoms with van der Waals surface area (Å²) >= 11 is 0. The van der Waals surface area contributed by atoms with E-state index >= 15 is 0 Å². The van der Waals surface area contributed by atoms with Gasteiger partial charge in [-0.3, -0.25) is 0 Å². The lowest BCUT2D eigenvalue weighted by molar-refractivity contribution is 0.504. The van der Waals surface area contributed by atoms with Crippen molar-refractivity contribution in [3.8, 4) is 0 Å². The van der Waals surface area contributed by atoms with Crippen LogP contribution in [-0.4, -0.2) is 0 Å². The highest BCUT2D eigenvalue weighted by atomic mass is 14.0. The largest absolute Gasteiger partial charge is 0.0885 e. The molecule has 18 heavy (non-hydrogen) atoms. The lowest BCUT2D eigenvalue weighted by atomic mass is 10.0. The summed E-state index contributed by atoms with van der Waals surface area (Å²) in [5, 5.41) is 0. The monoisotopic (exact) mass is 250 g/mol. The molecular weight excluding hydrogens is 216 g/mol. The fourth-order valence-corrected chi connectivity index (χ4v) is 2.88. The SMILES string of the molecule is C1=CCCCC1.C1CCCCC1.C1CCCCC1. The third-order valence-corrected chi connectivity index (χ3v) is 4.16. The van der Waals surface area contributed by atoms with E-state index in [1.807, 2.05) is 0 Å². The van der Waals surface area contributed by atoms with Gasteiger partial charge in [0.05, 0.1) is 0 Å². The minimum absolute atomic E-state index is 1.32. The Hall–Kier alpha value is -0.260. The van der Waals surface area contributed by atoms with Crippen molar-refractivity contribution in [2.45, 2.75) is 103 Å². The van der Waals surface area contributed by atoms with Crippen LogP contribution in [0.1, 0.15) is 103 Å². The number of hydrogen-bond acceptors (Lipinski definition) is 0. The molecule has 0 aliphatic heterocycles. The second-order valence-electron chi connectivity index (χ2n) is 6.00. The molecule has 0 atom stereocenters. The zero-order chi connectivity index (χ0) is 12.7. The first kappa shape index (κ1) is 15.8. The maximum absolute atomic E-state index is 2.27. The molecule has 0 spiro atoms. The van der Waals surface area contributed by atoms with Crippen LogP contribution in [0.3, 0.4) is 0 Å². The summed E-state index contributed by atoms with van der Waals surface area (Å²) in [6.07, 6.45) is 28.0. The molecule has 106 valence electrons. The first-order chi connectivity index (χ1) is 9.00. The molecule has 0 N–H and O–H groups in total. The van der Waals surface area contributed by atoms with Crippen LogP contribution in [0.2, 0.25) is 0 Å². The fourth-order valence-electron chi connectivity index (χ4n) is 2.88. The predicted octanol–water partition coefficient (Wildman–Crippen LogP) is 6.80. The van der Waals surface area contributed by atoms with Gasteiger partial charge in [-0.1, -0.05) is 89.2 Å². The van der Waals surface area contributed by atoms with E-state index in [0.29, 0.717) is 0 Å². The molecule has 0 heterocycles. The maximum atomic E-state index is 2.27. The number of hydrogen-bond donors (Lipinski definition) is 0. The van der Waals surface area contributed by atoms with Gasteiger partial charge in [0.2, 0.25) is 0 Å². The molecule has 0 bridgehead atoms. The molecule has 0 aromatic heterocycles. The molecule has 3 aliphatic rings. The van der Waals surface area contributed by atoms with Gasteiger partial charge >= 0.3 is 0 Å². The van der Waals surface area contributed by atoms with Gasteiger partial charge in [0.15, 0.2) is 0 Å². The van der Waals surface area contributed by atoms with Gasteiger partial charge in [-0.25, -0.2) is 0 Å². The zero-order valence-electron chi connectivity index (χ0n) is 12.5. The highest BCUT2D eigenvalue weighted by Crippen LogP contribution is 2.15. The Morgan fingerprint density at radius 3 is 0.611 bits per heavy atom. The molecule has 0 aromatic carbocycles. The average molecular weight is 250 g/mol. The highest BCUT2D eigenvalue weighted by Gasteiger charge is 1.96. The van der Waals surface area contributed by atoms with Crippen molar-refractivity contribution in [3.05, 3.63) is 12.2 Å². The molecule has 0 saturated heterocycles. The summed E-state index contributed by atoms with van der Waals surface area (Å²) in [5.74, 6) is 0. The molecule has 0 heteroatoms. The molecule has 3 rings (SSSR count). The van der Waals surface area contributed by atoms with Crippen LogP contribution in [0.15, 0.2) is 12.2 Å². The van der Waals surface area contributed by atoms with Gasteiger partial charge in [0.1, 0.15) is 0 Å². The highest BCUT2D eigenvalue weighted by molar-refractivity contribution is 4.85. The minimum Gasteiger partial charge on any atom is -0.0885 e. The summed E-state index contributed by atoms with van der Waals surface area (Å²) in [6, 6.07) is 0. The van der Waals surface area contributed by atoms with Crippen molar-refractivity contribution < 1.29 is 0 Å². The zero-order valence-corrected chi connectivity index (χ0v) is 12.5. The molecular formula is C18H34. The van der Waals surface area contributed by atoms with Crippen LogP contribution in [0.25, 0.3) is 0 Å². The summed E-state index contributed by atoms with van der Waals surface area (Å²) < 4.78 is 0. The number of allylic oxidation sites excluding steroid dienone is 2. The van der Waals surface area contributed by atoms with Crippen molar-refractivity contribution >= 4 is 0 Å². The Morgan fingerprint density at radius 1 is 0.278 bits per heavy atom. The smallest absolute Gasteiger partial charge is 0.0351 e. The van der Waals surface area contributed by atoms with Gasteiger partial charge in [-0.05, 0) is 25.7 Å². The Kier molecular flexibility index (Phi) is 11.6.